The fraction of sp³-hybridized carbons (Fsp3) is 0. The molecule has 9 aromatic rings. The first kappa shape index (κ1) is 33.9. The molecule has 0 unspecified atom stereocenters. The van der Waals surface area contributed by atoms with E-state index in [2.05, 4.69) is 180 Å². The molecule has 9 rings (SSSR count). The van der Waals surface area contributed by atoms with Gasteiger partial charge in [0.15, 0.2) is 0 Å². The number of anilines is 6. The van der Waals surface area contributed by atoms with Gasteiger partial charge in [-0.15, -0.1) is 0 Å². The molecule has 9 aromatic carbocycles. The molecule has 0 spiro atoms. The van der Waals surface area contributed by atoms with Crippen LogP contribution in [0.25, 0.3) is 44.5 Å². The van der Waals surface area contributed by atoms with Gasteiger partial charge in [0.1, 0.15) is 0 Å². The molecule has 0 aromatic heterocycles. The van der Waals surface area contributed by atoms with Crippen LogP contribution in [-0.2, 0) is 0 Å². The second-order valence-corrected chi connectivity index (χ2v) is 13.8. The van der Waals surface area contributed by atoms with Gasteiger partial charge in [-0.25, -0.2) is 0 Å². The van der Waals surface area contributed by atoms with Crippen LogP contribution >= 0.6 is 0 Å². The zero-order chi connectivity index (χ0) is 37.8. The molecule has 4 heteroatoms. The Morgan fingerprint density at radius 3 is 1.11 bits per heavy atom. The van der Waals surface area contributed by atoms with Crippen molar-refractivity contribution in [2.75, 3.05) is 9.80 Å². The first-order valence-electron chi connectivity index (χ1n) is 18.5. The van der Waals surface area contributed by atoms with Crippen molar-refractivity contribution >= 4 is 78.6 Å². The summed E-state index contributed by atoms with van der Waals surface area (Å²) in [6.45, 7) is 0. The van der Waals surface area contributed by atoms with Crippen molar-refractivity contribution < 1.29 is 0 Å². The number of nitriles is 2. The maximum absolute atomic E-state index is 9.44. The highest BCUT2D eigenvalue weighted by Gasteiger charge is 2.15. The van der Waals surface area contributed by atoms with E-state index in [1.807, 2.05) is 48.5 Å². The van der Waals surface area contributed by atoms with E-state index >= 15 is 0 Å². The third-order valence-electron chi connectivity index (χ3n) is 10.2. The van der Waals surface area contributed by atoms with Gasteiger partial charge >= 0.3 is 0 Å². The lowest BCUT2D eigenvalue weighted by Gasteiger charge is -2.26. The summed E-state index contributed by atoms with van der Waals surface area (Å²) in [5, 5.41) is 25.9. The molecule has 0 aliphatic carbocycles. The molecule has 0 N–H and O–H groups in total. The minimum Gasteiger partial charge on any atom is -0.310 e. The lowest BCUT2D eigenvalue weighted by molar-refractivity contribution is 1.28. The summed E-state index contributed by atoms with van der Waals surface area (Å²) in [6.07, 6.45) is 4.30. The summed E-state index contributed by atoms with van der Waals surface area (Å²) in [4.78, 5) is 4.47. The summed E-state index contributed by atoms with van der Waals surface area (Å²) >= 11 is 0. The molecule has 0 saturated heterocycles. The van der Waals surface area contributed by atoms with E-state index in [1.54, 1.807) is 0 Å². The van der Waals surface area contributed by atoms with Crippen molar-refractivity contribution in [2.24, 2.45) is 0 Å². The number of hydrogen-bond acceptors (Lipinski definition) is 4. The summed E-state index contributed by atoms with van der Waals surface area (Å²) in [5.74, 6) is 0. The van der Waals surface area contributed by atoms with Gasteiger partial charge in [-0.05, 0) is 147 Å². The predicted molar refractivity (Wildman–Crippen MR) is 233 cm³/mol. The first-order valence-corrected chi connectivity index (χ1v) is 18.5. The predicted octanol–water partition coefficient (Wildman–Crippen LogP) is 14.0. The van der Waals surface area contributed by atoms with E-state index in [9.17, 15) is 10.5 Å². The quantitative estimate of drug-likeness (QED) is 0.147. The number of hydrogen-bond donors (Lipinski definition) is 0. The van der Waals surface area contributed by atoms with Crippen LogP contribution in [0.15, 0.2) is 194 Å². The Bertz CT molecular complexity index is 2980. The minimum absolute atomic E-state index is 0.632. The Morgan fingerprint density at radius 1 is 0.304 bits per heavy atom. The van der Waals surface area contributed by atoms with Crippen molar-refractivity contribution in [3.63, 3.8) is 0 Å². The molecule has 56 heavy (non-hydrogen) atoms. The average Bonchev–Trinajstić information content (AvgIpc) is 3.26. The van der Waals surface area contributed by atoms with Gasteiger partial charge < -0.3 is 9.80 Å². The van der Waals surface area contributed by atoms with E-state index < -0.39 is 0 Å². The van der Waals surface area contributed by atoms with Gasteiger partial charge in [-0.1, -0.05) is 103 Å². The second-order valence-electron chi connectivity index (χ2n) is 13.8. The van der Waals surface area contributed by atoms with Crippen LogP contribution in [0.4, 0.5) is 34.1 Å². The van der Waals surface area contributed by atoms with Gasteiger partial charge in [0, 0.05) is 34.1 Å². The van der Waals surface area contributed by atoms with Crippen LogP contribution in [0.5, 0.6) is 0 Å². The maximum Gasteiger partial charge on any atom is 0.0991 e. The Hall–Kier alpha value is -7.92. The summed E-state index contributed by atoms with van der Waals surface area (Å²) in [7, 11) is 0. The van der Waals surface area contributed by atoms with Crippen LogP contribution in [-0.4, -0.2) is 0 Å². The summed E-state index contributed by atoms with van der Waals surface area (Å²) in [6, 6.07) is 71.4. The third kappa shape index (κ3) is 6.83. The number of rotatable bonds is 8. The van der Waals surface area contributed by atoms with E-state index in [-0.39, 0.29) is 0 Å². The Labute approximate surface area is 326 Å². The Balaban J connectivity index is 0.997. The molecule has 0 atom stereocenters. The average molecular weight is 715 g/mol. The Morgan fingerprint density at radius 2 is 0.625 bits per heavy atom. The molecule has 0 fully saturated rings. The van der Waals surface area contributed by atoms with Gasteiger partial charge in [0.25, 0.3) is 0 Å². The highest BCUT2D eigenvalue weighted by Crippen LogP contribution is 2.39. The van der Waals surface area contributed by atoms with Crippen LogP contribution in [0.1, 0.15) is 22.3 Å². The number of fused-ring (bicyclic) bond motifs is 3. The van der Waals surface area contributed by atoms with Crippen molar-refractivity contribution in [1.82, 2.24) is 0 Å². The van der Waals surface area contributed by atoms with Gasteiger partial charge in [-0.2, -0.15) is 10.5 Å². The highest BCUT2D eigenvalue weighted by molar-refractivity contribution is 5.94. The third-order valence-corrected chi connectivity index (χ3v) is 10.2. The van der Waals surface area contributed by atoms with Crippen molar-refractivity contribution in [3.8, 4) is 12.1 Å². The first-order chi connectivity index (χ1) is 27.6. The zero-order valence-electron chi connectivity index (χ0n) is 30.4. The Kier molecular flexibility index (Phi) is 8.98. The topological polar surface area (TPSA) is 54.1 Å². The molecular weight excluding hydrogens is 681 g/mol. The van der Waals surface area contributed by atoms with E-state index in [1.165, 1.54) is 21.5 Å². The van der Waals surface area contributed by atoms with Gasteiger partial charge in [-0.3, -0.25) is 0 Å². The fourth-order valence-corrected chi connectivity index (χ4v) is 7.32. The fourth-order valence-electron chi connectivity index (χ4n) is 7.32. The smallest absolute Gasteiger partial charge is 0.0991 e. The van der Waals surface area contributed by atoms with Gasteiger partial charge in [0.05, 0.1) is 23.3 Å². The molecule has 0 radical (unpaired) electrons. The van der Waals surface area contributed by atoms with Crippen LogP contribution in [0.2, 0.25) is 0 Å². The number of benzene rings is 9. The van der Waals surface area contributed by atoms with Gasteiger partial charge in [0.2, 0.25) is 0 Å². The molecule has 0 aliphatic heterocycles. The lowest BCUT2D eigenvalue weighted by atomic mass is 10.0. The van der Waals surface area contributed by atoms with Crippen LogP contribution in [0, 0.1) is 22.7 Å². The van der Waals surface area contributed by atoms with E-state index in [0.29, 0.717) is 11.1 Å². The van der Waals surface area contributed by atoms with Crippen LogP contribution < -0.4 is 9.80 Å². The molecule has 262 valence electrons. The largest absolute Gasteiger partial charge is 0.310 e. The van der Waals surface area contributed by atoms with Crippen molar-refractivity contribution in [3.05, 3.63) is 216 Å². The van der Waals surface area contributed by atoms with E-state index in [4.69, 9.17) is 0 Å². The standard InChI is InChI=1S/C52H34N4/c53-35-39-14-24-48(25-15-39)55(50-28-19-41-5-1-3-7-43(41)32-50)47-22-12-37(13-23-47)9-10-38-11-18-46-34-52(30-21-45(46)31-38)56(49-26-16-40(36-54)17-27-49)51-29-20-42-6-2-4-8-44(42)33-51/h1-34H/b10-9+. The monoisotopic (exact) mass is 714 g/mol. The van der Waals surface area contributed by atoms with E-state index in [0.717, 1.165) is 56.0 Å². The molecule has 4 nitrogen and oxygen atoms in total. The summed E-state index contributed by atoms with van der Waals surface area (Å²) in [5.41, 5.74) is 9.62. The molecule has 0 saturated carbocycles. The molecular formula is C52H34N4. The number of nitrogens with zero attached hydrogens (tertiary/aromatic N) is 4. The molecule has 0 heterocycles. The highest BCUT2D eigenvalue weighted by atomic mass is 15.1. The second kappa shape index (κ2) is 14.8. The molecule has 0 bridgehead atoms. The van der Waals surface area contributed by atoms with Crippen molar-refractivity contribution in [2.45, 2.75) is 0 Å². The maximum atomic E-state index is 9.44. The SMILES string of the molecule is N#Cc1ccc(N(c2ccc(/C=C/c3ccc4cc(N(c5ccc(C#N)cc5)c5ccc6ccccc6c5)ccc4c3)cc2)c2ccc3ccccc3c2)cc1. The molecule has 0 aliphatic rings. The lowest BCUT2D eigenvalue weighted by Crippen LogP contribution is -2.10. The molecule has 0 amide bonds. The minimum atomic E-state index is 0.632. The van der Waals surface area contributed by atoms with Crippen LogP contribution in [0.3, 0.4) is 0 Å². The van der Waals surface area contributed by atoms with Crippen molar-refractivity contribution in [1.29, 1.82) is 10.5 Å². The summed E-state index contributed by atoms with van der Waals surface area (Å²) < 4.78 is 0. The zero-order valence-corrected chi connectivity index (χ0v) is 30.4. The normalized spacial score (nSPS) is 11.1.